The van der Waals surface area contributed by atoms with E-state index < -0.39 is 0 Å². The van der Waals surface area contributed by atoms with Crippen molar-refractivity contribution >= 4 is 5.82 Å². The quantitative estimate of drug-likeness (QED) is 0.723. The van der Waals surface area contributed by atoms with Gasteiger partial charge < -0.3 is 9.32 Å². The molecule has 2 aromatic heterocycles. The van der Waals surface area contributed by atoms with Crippen molar-refractivity contribution in [3.63, 3.8) is 0 Å². The molecule has 0 amide bonds. The summed E-state index contributed by atoms with van der Waals surface area (Å²) in [6.45, 7) is 3.73. The zero-order valence-electron chi connectivity index (χ0n) is 12.5. The number of benzene rings is 1. The first-order chi connectivity index (χ1) is 10.8. The fraction of sp³-hybridized carbons (Fsp3) is 0.222. The molecule has 0 N–H and O–H groups in total. The van der Waals surface area contributed by atoms with Gasteiger partial charge in [0.1, 0.15) is 11.6 Å². The van der Waals surface area contributed by atoms with E-state index in [1.165, 1.54) is 5.56 Å². The Morgan fingerprint density at radius 3 is 2.77 bits per heavy atom. The van der Waals surface area contributed by atoms with Gasteiger partial charge in [0.15, 0.2) is 0 Å². The van der Waals surface area contributed by atoms with Gasteiger partial charge in [-0.25, -0.2) is 9.97 Å². The van der Waals surface area contributed by atoms with Crippen LogP contribution in [0.15, 0.2) is 53.1 Å². The van der Waals surface area contributed by atoms with Crippen molar-refractivity contribution in [2.75, 3.05) is 11.4 Å². The summed E-state index contributed by atoms with van der Waals surface area (Å²) in [7, 11) is 0. The minimum absolute atomic E-state index is 0.727. The average Bonchev–Trinajstić information content (AvgIpc) is 2.99. The molecule has 3 heterocycles. The second kappa shape index (κ2) is 5.30. The van der Waals surface area contributed by atoms with Crippen LogP contribution in [0.1, 0.15) is 17.0 Å². The predicted octanol–water partition coefficient (Wildman–Crippen LogP) is 3.61. The predicted molar refractivity (Wildman–Crippen MR) is 85.7 cm³/mol. The number of anilines is 1. The normalized spacial score (nSPS) is 14.0. The van der Waals surface area contributed by atoms with E-state index in [1.807, 2.05) is 36.5 Å². The van der Waals surface area contributed by atoms with Crippen molar-refractivity contribution in [3.05, 3.63) is 65.7 Å². The van der Waals surface area contributed by atoms with Crippen molar-refractivity contribution in [2.24, 2.45) is 0 Å². The minimum Gasteiger partial charge on any atom is -0.439 e. The standard InChI is InChI=1S/C18H17N3O/c1-13-6-2-3-7-14(13)18-20-15-9-11-21(12-16(15)22-18)17-8-4-5-10-19-17/h2-8,10H,9,11-12H2,1H3. The summed E-state index contributed by atoms with van der Waals surface area (Å²) in [5.74, 6) is 2.67. The number of oxazole rings is 1. The van der Waals surface area contributed by atoms with E-state index >= 15 is 0 Å². The highest BCUT2D eigenvalue weighted by atomic mass is 16.4. The van der Waals surface area contributed by atoms with Gasteiger partial charge in [-0.2, -0.15) is 0 Å². The third-order valence-electron chi connectivity index (χ3n) is 4.08. The summed E-state index contributed by atoms with van der Waals surface area (Å²) >= 11 is 0. The molecule has 0 radical (unpaired) electrons. The van der Waals surface area contributed by atoms with E-state index in [0.29, 0.717) is 0 Å². The maximum absolute atomic E-state index is 6.04. The second-order valence-electron chi connectivity index (χ2n) is 5.56. The number of fused-ring (bicyclic) bond motifs is 1. The summed E-state index contributed by atoms with van der Waals surface area (Å²) < 4.78 is 6.04. The van der Waals surface area contributed by atoms with Gasteiger partial charge in [0.25, 0.3) is 0 Å². The van der Waals surface area contributed by atoms with Crippen LogP contribution in [0.5, 0.6) is 0 Å². The number of pyridine rings is 1. The van der Waals surface area contributed by atoms with E-state index in [1.54, 1.807) is 0 Å². The van der Waals surface area contributed by atoms with Crippen LogP contribution in [0.4, 0.5) is 5.82 Å². The van der Waals surface area contributed by atoms with Crippen LogP contribution in [0, 0.1) is 6.92 Å². The molecule has 1 aliphatic rings. The largest absolute Gasteiger partial charge is 0.439 e. The molecule has 3 aromatic rings. The van der Waals surface area contributed by atoms with Crippen molar-refractivity contribution in [1.82, 2.24) is 9.97 Å². The fourth-order valence-corrected chi connectivity index (χ4v) is 2.86. The molecule has 0 atom stereocenters. The Balaban J connectivity index is 1.65. The third kappa shape index (κ3) is 2.26. The Labute approximate surface area is 129 Å². The second-order valence-corrected chi connectivity index (χ2v) is 5.56. The highest BCUT2D eigenvalue weighted by Crippen LogP contribution is 2.29. The van der Waals surface area contributed by atoms with Crippen LogP contribution >= 0.6 is 0 Å². The van der Waals surface area contributed by atoms with Gasteiger partial charge in [-0.15, -0.1) is 0 Å². The summed E-state index contributed by atoms with van der Waals surface area (Å²) in [5.41, 5.74) is 3.33. The Kier molecular flexibility index (Phi) is 3.15. The first-order valence-corrected chi connectivity index (χ1v) is 7.52. The minimum atomic E-state index is 0.727. The fourth-order valence-electron chi connectivity index (χ4n) is 2.86. The van der Waals surface area contributed by atoms with Crippen molar-refractivity contribution in [2.45, 2.75) is 19.9 Å². The summed E-state index contributed by atoms with van der Waals surface area (Å²) in [6.07, 6.45) is 2.71. The van der Waals surface area contributed by atoms with Crippen LogP contribution in [-0.4, -0.2) is 16.5 Å². The Bertz CT molecular complexity index is 795. The first-order valence-electron chi connectivity index (χ1n) is 7.52. The number of hydrogen-bond donors (Lipinski definition) is 0. The maximum atomic E-state index is 6.04. The molecular weight excluding hydrogens is 274 g/mol. The molecule has 0 saturated heterocycles. The first kappa shape index (κ1) is 13.1. The summed E-state index contributed by atoms with van der Waals surface area (Å²) in [4.78, 5) is 11.3. The Hall–Kier alpha value is -2.62. The van der Waals surface area contributed by atoms with Crippen molar-refractivity contribution in [3.8, 4) is 11.5 Å². The zero-order chi connectivity index (χ0) is 14.9. The van der Waals surface area contributed by atoms with Gasteiger partial charge in [0.2, 0.25) is 5.89 Å². The number of nitrogens with zero attached hydrogens (tertiary/aromatic N) is 3. The molecule has 0 spiro atoms. The zero-order valence-corrected chi connectivity index (χ0v) is 12.5. The third-order valence-corrected chi connectivity index (χ3v) is 4.08. The number of hydrogen-bond acceptors (Lipinski definition) is 4. The molecule has 22 heavy (non-hydrogen) atoms. The average molecular weight is 291 g/mol. The molecule has 1 aliphatic heterocycles. The van der Waals surface area contributed by atoms with Gasteiger partial charge in [-0.3, -0.25) is 0 Å². The van der Waals surface area contributed by atoms with Gasteiger partial charge in [0, 0.05) is 24.7 Å². The molecule has 1 aromatic carbocycles. The molecule has 0 fully saturated rings. The Morgan fingerprint density at radius 2 is 1.95 bits per heavy atom. The SMILES string of the molecule is Cc1ccccc1-c1nc2c(o1)CN(c1ccccn1)CC2. The highest BCUT2D eigenvalue weighted by Gasteiger charge is 2.23. The number of aryl methyl sites for hydroxylation is 1. The summed E-state index contributed by atoms with van der Waals surface area (Å²) in [5, 5.41) is 0. The van der Waals surface area contributed by atoms with Crippen LogP contribution in [-0.2, 0) is 13.0 Å². The molecule has 0 saturated carbocycles. The van der Waals surface area contributed by atoms with Crippen LogP contribution in [0.2, 0.25) is 0 Å². The van der Waals surface area contributed by atoms with E-state index in [0.717, 1.165) is 48.2 Å². The Morgan fingerprint density at radius 1 is 1.09 bits per heavy atom. The molecule has 4 nitrogen and oxygen atoms in total. The smallest absolute Gasteiger partial charge is 0.226 e. The lowest BCUT2D eigenvalue weighted by Gasteiger charge is -2.25. The van der Waals surface area contributed by atoms with Crippen LogP contribution in [0.3, 0.4) is 0 Å². The maximum Gasteiger partial charge on any atom is 0.226 e. The molecule has 110 valence electrons. The number of aromatic nitrogens is 2. The molecule has 4 heteroatoms. The lowest BCUT2D eigenvalue weighted by molar-refractivity contribution is 0.494. The molecule has 0 bridgehead atoms. The van der Waals surface area contributed by atoms with E-state index in [4.69, 9.17) is 9.40 Å². The van der Waals surface area contributed by atoms with E-state index in [2.05, 4.69) is 28.9 Å². The monoisotopic (exact) mass is 291 g/mol. The lowest BCUT2D eigenvalue weighted by atomic mass is 10.1. The van der Waals surface area contributed by atoms with Crippen molar-refractivity contribution < 1.29 is 4.42 Å². The van der Waals surface area contributed by atoms with E-state index in [-0.39, 0.29) is 0 Å². The molecule has 0 unspecified atom stereocenters. The van der Waals surface area contributed by atoms with Crippen LogP contribution in [0.25, 0.3) is 11.5 Å². The van der Waals surface area contributed by atoms with E-state index in [9.17, 15) is 0 Å². The topological polar surface area (TPSA) is 42.2 Å². The molecule has 4 rings (SSSR count). The molecular formula is C18H17N3O. The van der Waals surface area contributed by atoms with Gasteiger partial charge in [-0.05, 0) is 30.7 Å². The molecule has 0 aliphatic carbocycles. The highest BCUT2D eigenvalue weighted by molar-refractivity contribution is 5.59. The lowest BCUT2D eigenvalue weighted by Crippen LogP contribution is -2.30. The summed E-state index contributed by atoms with van der Waals surface area (Å²) in [6, 6.07) is 14.2. The van der Waals surface area contributed by atoms with Gasteiger partial charge >= 0.3 is 0 Å². The van der Waals surface area contributed by atoms with Gasteiger partial charge in [-0.1, -0.05) is 24.3 Å². The van der Waals surface area contributed by atoms with Crippen molar-refractivity contribution in [1.29, 1.82) is 0 Å². The number of rotatable bonds is 2. The van der Waals surface area contributed by atoms with Gasteiger partial charge in [0.05, 0.1) is 12.2 Å². The van der Waals surface area contributed by atoms with Crippen LogP contribution < -0.4 is 4.90 Å².